The van der Waals surface area contributed by atoms with Gasteiger partial charge in [0.1, 0.15) is 17.5 Å². The van der Waals surface area contributed by atoms with Crippen LogP contribution in [0.15, 0.2) is 22.7 Å². The zero-order chi connectivity index (χ0) is 15.6. The third-order valence-corrected chi connectivity index (χ3v) is 3.37. The lowest BCUT2D eigenvalue weighted by atomic mass is 10.1. The number of aromatic nitrogens is 2. The van der Waals surface area contributed by atoms with Crippen molar-refractivity contribution in [2.45, 2.75) is 0 Å². The number of halogens is 1. The molecule has 106 valence electrons. The Kier molecular flexibility index (Phi) is 4.05. The summed E-state index contributed by atoms with van der Waals surface area (Å²) in [5.74, 6) is -0.501. The Morgan fingerprint density at radius 2 is 2.10 bits per heavy atom. The van der Waals surface area contributed by atoms with Crippen molar-refractivity contribution in [1.29, 1.82) is 5.26 Å². The fourth-order valence-electron chi connectivity index (χ4n) is 1.75. The van der Waals surface area contributed by atoms with Gasteiger partial charge in [-0.1, -0.05) is 6.07 Å². The van der Waals surface area contributed by atoms with Gasteiger partial charge in [-0.15, -0.1) is 0 Å². The fraction of sp³-hybridized carbons (Fsp3) is 0.0769. The van der Waals surface area contributed by atoms with Crippen LogP contribution in [0.1, 0.15) is 15.9 Å². The van der Waals surface area contributed by atoms with E-state index in [1.165, 1.54) is 7.11 Å². The standard InChI is InChI=1S/C13H10BrN5O2/c1-21-12(20)7-3-2-6(4-9(7)14)10-8(5-15)11(16)19-13(17)18-10/h2-4H,1H3,(H4,16,17,18,19). The average molecular weight is 348 g/mol. The zero-order valence-electron chi connectivity index (χ0n) is 10.9. The van der Waals surface area contributed by atoms with Gasteiger partial charge in [0.05, 0.1) is 18.4 Å². The molecule has 8 heteroatoms. The summed E-state index contributed by atoms with van der Waals surface area (Å²) in [5.41, 5.74) is 12.6. The maximum Gasteiger partial charge on any atom is 0.339 e. The average Bonchev–Trinajstić information content (AvgIpc) is 2.45. The Hall–Kier alpha value is -2.66. The summed E-state index contributed by atoms with van der Waals surface area (Å²) >= 11 is 3.28. The van der Waals surface area contributed by atoms with Crippen LogP contribution in [0.5, 0.6) is 0 Å². The fourth-order valence-corrected chi connectivity index (χ4v) is 2.29. The minimum atomic E-state index is -0.476. The number of methoxy groups -OCH3 is 1. The van der Waals surface area contributed by atoms with E-state index in [1.54, 1.807) is 18.2 Å². The van der Waals surface area contributed by atoms with Crippen LogP contribution >= 0.6 is 15.9 Å². The summed E-state index contributed by atoms with van der Waals surface area (Å²) in [7, 11) is 1.29. The molecule has 0 saturated heterocycles. The monoisotopic (exact) mass is 347 g/mol. The van der Waals surface area contributed by atoms with Gasteiger partial charge in [0.15, 0.2) is 0 Å². The molecule has 1 aromatic heterocycles. The topological polar surface area (TPSA) is 128 Å². The number of nitrogens with zero attached hydrogens (tertiary/aromatic N) is 3. The molecule has 1 aromatic carbocycles. The molecule has 0 amide bonds. The molecule has 21 heavy (non-hydrogen) atoms. The van der Waals surface area contributed by atoms with Crippen molar-refractivity contribution in [3.8, 4) is 17.3 Å². The van der Waals surface area contributed by atoms with Gasteiger partial charge in [-0.2, -0.15) is 10.2 Å². The summed E-state index contributed by atoms with van der Waals surface area (Å²) < 4.78 is 5.16. The SMILES string of the molecule is COC(=O)c1ccc(-c2nc(N)nc(N)c2C#N)cc1Br. The van der Waals surface area contributed by atoms with Gasteiger partial charge < -0.3 is 16.2 Å². The molecular weight excluding hydrogens is 338 g/mol. The molecule has 2 rings (SSSR count). The number of benzene rings is 1. The molecule has 0 aliphatic rings. The van der Waals surface area contributed by atoms with Crippen LogP contribution in [0.25, 0.3) is 11.3 Å². The van der Waals surface area contributed by atoms with E-state index >= 15 is 0 Å². The van der Waals surface area contributed by atoms with Crippen LogP contribution in [0.3, 0.4) is 0 Å². The molecule has 0 atom stereocenters. The zero-order valence-corrected chi connectivity index (χ0v) is 12.5. The highest BCUT2D eigenvalue weighted by molar-refractivity contribution is 9.10. The number of anilines is 2. The molecule has 4 N–H and O–H groups in total. The van der Waals surface area contributed by atoms with E-state index in [0.717, 1.165) is 0 Å². The Bertz CT molecular complexity index is 770. The Morgan fingerprint density at radius 1 is 1.38 bits per heavy atom. The number of carbonyl (C=O) groups is 1. The van der Waals surface area contributed by atoms with Gasteiger partial charge in [-0.3, -0.25) is 0 Å². The van der Waals surface area contributed by atoms with E-state index in [4.69, 9.17) is 16.7 Å². The molecule has 7 nitrogen and oxygen atoms in total. The van der Waals surface area contributed by atoms with Crippen molar-refractivity contribution in [3.63, 3.8) is 0 Å². The van der Waals surface area contributed by atoms with Crippen LogP contribution in [0, 0.1) is 11.3 Å². The first-order chi connectivity index (χ1) is 9.97. The lowest BCUT2D eigenvalue weighted by Gasteiger charge is -2.08. The molecule has 0 unspecified atom stereocenters. The molecule has 0 spiro atoms. The normalized spacial score (nSPS) is 9.95. The Morgan fingerprint density at radius 3 is 2.67 bits per heavy atom. The quantitative estimate of drug-likeness (QED) is 0.791. The van der Waals surface area contributed by atoms with E-state index in [0.29, 0.717) is 21.3 Å². The van der Waals surface area contributed by atoms with Crippen LogP contribution in [-0.2, 0) is 4.74 Å². The van der Waals surface area contributed by atoms with Gasteiger partial charge in [0.25, 0.3) is 0 Å². The number of esters is 1. The summed E-state index contributed by atoms with van der Waals surface area (Å²) in [5, 5.41) is 9.17. The predicted octanol–water partition coefficient (Wildman–Crippen LogP) is 1.73. The van der Waals surface area contributed by atoms with Crippen molar-refractivity contribution < 1.29 is 9.53 Å². The lowest BCUT2D eigenvalue weighted by Crippen LogP contribution is -2.06. The van der Waals surface area contributed by atoms with E-state index in [1.807, 2.05) is 6.07 Å². The first kappa shape index (κ1) is 14.7. The molecule has 2 aromatic rings. The second-order valence-electron chi connectivity index (χ2n) is 3.99. The number of nitriles is 1. The number of ether oxygens (including phenoxy) is 1. The summed E-state index contributed by atoms with van der Waals surface area (Å²) in [6, 6.07) is 6.76. The highest BCUT2D eigenvalue weighted by atomic mass is 79.9. The highest BCUT2D eigenvalue weighted by Crippen LogP contribution is 2.29. The second-order valence-corrected chi connectivity index (χ2v) is 4.84. The predicted molar refractivity (Wildman–Crippen MR) is 80.0 cm³/mol. The summed E-state index contributed by atoms with van der Waals surface area (Å²) in [6.07, 6.45) is 0. The summed E-state index contributed by atoms with van der Waals surface area (Å²) in [4.78, 5) is 19.3. The van der Waals surface area contributed by atoms with Gasteiger partial charge >= 0.3 is 5.97 Å². The van der Waals surface area contributed by atoms with Gasteiger partial charge in [-0.25, -0.2) is 9.78 Å². The van der Waals surface area contributed by atoms with Crippen LogP contribution in [0.2, 0.25) is 0 Å². The van der Waals surface area contributed by atoms with Crippen LogP contribution in [0.4, 0.5) is 11.8 Å². The molecule has 0 aliphatic carbocycles. The van der Waals surface area contributed by atoms with Crippen molar-refractivity contribution in [2.24, 2.45) is 0 Å². The highest BCUT2D eigenvalue weighted by Gasteiger charge is 2.16. The number of carbonyl (C=O) groups excluding carboxylic acids is 1. The van der Waals surface area contributed by atoms with Crippen molar-refractivity contribution in [1.82, 2.24) is 9.97 Å². The number of rotatable bonds is 2. The second kappa shape index (κ2) is 5.76. The van der Waals surface area contributed by atoms with Crippen molar-refractivity contribution in [2.75, 3.05) is 18.6 Å². The smallest absolute Gasteiger partial charge is 0.339 e. The first-order valence-electron chi connectivity index (χ1n) is 5.69. The minimum absolute atomic E-state index is 0.00756. The maximum absolute atomic E-state index is 11.5. The molecule has 0 bridgehead atoms. The van der Waals surface area contributed by atoms with E-state index in [9.17, 15) is 4.79 Å². The van der Waals surface area contributed by atoms with Crippen LogP contribution < -0.4 is 11.5 Å². The Balaban J connectivity index is 2.61. The molecule has 0 aliphatic heterocycles. The third kappa shape index (κ3) is 2.78. The van der Waals surface area contributed by atoms with Crippen molar-refractivity contribution >= 4 is 33.7 Å². The summed E-state index contributed by atoms with van der Waals surface area (Å²) in [6.45, 7) is 0. The van der Waals surface area contributed by atoms with E-state index < -0.39 is 5.97 Å². The van der Waals surface area contributed by atoms with Gasteiger partial charge in [-0.05, 0) is 28.1 Å². The van der Waals surface area contributed by atoms with Crippen LogP contribution in [-0.4, -0.2) is 23.0 Å². The maximum atomic E-state index is 11.5. The van der Waals surface area contributed by atoms with E-state index in [-0.39, 0.29) is 17.3 Å². The minimum Gasteiger partial charge on any atom is -0.465 e. The van der Waals surface area contributed by atoms with Gasteiger partial charge in [0.2, 0.25) is 5.95 Å². The number of hydrogen-bond acceptors (Lipinski definition) is 7. The van der Waals surface area contributed by atoms with E-state index in [2.05, 4.69) is 30.6 Å². The molecule has 0 fully saturated rings. The Labute approximate surface area is 128 Å². The van der Waals surface area contributed by atoms with Gasteiger partial charge in [0, 0.05) is 10.0 Å². The number of nitrogen functional groups attached to an aromatic ring is 2. The first-order valence-corrected chi connectivity index (χ1v) is 6.48. The molecule has 0 saturated carbocycles. The lowest BCUT2D eigenvalue weighted by molar-refractivity contribution is 0.0599. The third-order valence-electron chi connectivity index (χ3n) is 2.71. The number of hydrogen-bond donors (Lipinski definition) is 2. The molecule has 0 radical (unpaired) electrons. The number of nitrogens with two attached hydrogens (primary N) is 2. The molecule has 1 heterocycles. The largest absolute Gasteiger partial charge is 0.465 e. The molecular formula is C13H10BrN5O2. The van der Waals surface area contributed by atoms with Crippen molar-refractivity contribution in [3.05, 3.63) is 33.8 Å².